The molecule has 0 spiro atoms. The number of likely N-dealkylation sites (N-methyl/N-ethyl adjacent to an activating group) is 1. The Kier molecular flexibility index (Phi) is 4.87. The van der Waals surface area contributed by atoms with E-state index in [9.17, 15) is 9.59 Å². The first kappa shape index (κ1) is 15.8. The van der Waals surface area contributed by atoms with Gasteiger partial charge in [-0.25, -0.2) is 0 Å². The standard InChI is InChI=1S/C13H20N4O3S/c1-4-16(3)12(20)8(2)17-11(9-5-6-9)14-15-13(17)21-7-10(18)19/h8-9H,4-7H2,1-3H3,(H,18,19). The van der Waals surface area contributed by atoms with Crippen LogP contribution in [0.15, 0.2) is 5.16 Å². The lowest BCUT2D eigenvalue weighted by atomic mass is 10.2. The van der Waals surface area contributed by atoms with E-state index in [0.717, 1.165) is 30.4 Å². The van der Waals surface area contributed by atoms with Crippen molar-refractivity contribution in [1.29, 1.82) is 0 Å². The Balaban J connectivity index is 2.27. The Bertz CT molecular complexity index is 542. The zero-order valence-electron chi connectivity index (χ0n) is 12.4. The summed E-state index contributed by atoms with van der Waals surface area (Å²) in [5.41, 5.74) is 0. The van der Waals surface area contributed by atoms with Crippen LogP contribution in [0, 0.1) is 0 Å². The van der Waals surface area contributed by atoms with Crippen LogP contribution in [-0.4, -0.2) is 56.0 Å². The molecular formula is C13H20N4O3S. The molecule has 116 valence electrons. The number of rotatable bonds is 7. The summed E-state index contributed by atoms with van der Waals surface area (Å²) in [4.78, 5) is 24.8. The summed E-state index contributed by atoms with van der Waals surface area (Å²) in [6.07, 6.45) is 2.10. The van der Waals surface area contributed by atoms with Crippen molar-refractivity contribution in [3.05, 3.63) is 5.82 Å². The third kappa shape index (κ3) is 3.55. The zero-order chi connectivity index (χ0) is 15.6. The van der Waals surface area contributed by atoms with Gasteiger partial charge in [0, 0.05) is 19.5 Å². The van der Waals surface area contributed by atoms with Crippen LogP contribution in [-0.2, 0) is 9.59 Å². The SMILES string of the molecule is CCN(C)C(=O)C(C)n1c(SCC(=O)O)nnc1C1CC1. The summed E-state index contributed by atoms with van der Waals surface area (Å²) < 4.78 is 1.81. The average molecular weight is 312 g/mol. The number of carbonyl (C=O) groups is 2. The fourth-order valence-electron chi connectivity index (χ4n) is 2.08. The molecule has 1 heterocycles. The zero-order valence-corrected chi connectivity index (χ0v) is 13.3. The van der Waals surface area contributed by atoms with Gasteiger partial charge in [0.05, 0.1) is 5.75 Å². The molecule has 1 aliphatic rings. The summed E-state index contributed by atoms with van der Waals surface area (Å²) in [5, 5.41) is 17.6. The smallest absolute Gasteiger partial charge is 0.313 e. The van der Waals surface area contributed by atoms with E-state index in [2.05, 4.69) is 10.2 Å². The first-order chi connectivity index (χ1) is 9.95. The molecule has 1 saturated carbocycles. The summed E-state index contributed by atoms with van der Waals surface area (Å²) >= 11 is 1.11. The number of nitrogens with zero attached hydrogens (tertiary/aromatic N) is 4. The largest absolute Gasteiger partial charge is 0.481 e. The number of aliphatic carboxylic acids is 1. The Morgan fingerprint density at radius 3 is 2.67 bits per heavy atom. The van der Waals surface area contributed by atoms with E-state index in [4.69, 9.17) is 5.11 Å². The summed E-state index contributed by atoms with van der Waals surface area (Å²) in [7, 11) is 1.75. The highest BCUT2D eigenvalue weighted by Gasteiger charge is 2.34. The Hall–Kier alpha value is -1.57. The molecule has 0 aliphatic heterocycles. The van der Waals surface area contributed by atoms with E-state index in [-0.39, 0.29) is 11.7 Å². The topological polar surface area (TPSA) is 88.3 Å². The van der Waals surface area contributed by atoms with Gasteiger partial charge in [-0.05, 0) is 26.7 Å². The summed E-state index contributed by atoms with van der Waals surface area (Å²) in [5.74, 6) is 0.128. The molecule has 1 aromatic rings. The van der Waals surface area contributed by atoms with Crippen molar-refractivity contribution < 1.29 is 14.7 Å². The van der Waals surface area contributed by atoms with Crippen molar-refractivity contribution in [1.82, 2.24) is 19.7 Å². The summed E-state index contributed by atoms with van der Waals surface area (Å²) in [6.45, 7) is 4.36. The lowest BCUT2D eigenvalue weighted by Crippen LogP contribution is -2.33. The van der Waals surface area contributed by atoms with Gasteiger partial charge >= 0.3 is 5.97 Å². The van der Waals surface area contributed by atoms with Gasteiger partial charge in [-0.15, -0.1) is 10.2 Å². The van der Waals surface area contributed by atoms with E-state index < -0.39 is 12.0 Å². The van der Waals surface area contributed by atoms with Gasteiger partial charge in [-0.2, -0.15) is 0 Å². The van der Waals surface area contributed by atoms with Crippen LogP contribution in [0.2, 0.25) is 0 Å². The maximum Gasteiger partial charge on any atom is 0.313 e. The highest BCUT2D eigenvalue weighted by Crippen LogP contribution is 2.41. The Morgan fingerprint density at radius 2 is 2.14 bits per heavy atom. The third-order valence-corrected chi connectivity index (χ3v) is 4.48. The van der Waals surface area contributed by atoms with Gasteiger partial charge in [0.15, 0.2) is 5.16 Å². The highest BCUT2D eigenvalue weighted by molar-refractivity contribution is 7.99. The minimum absolute atomic E-state index is 0.0172. The predicted octanol–water partition coefficient (Wildman–Crippen LogP) is 1.37. The van der Waals surface area contributed by atoms with Crippen molar-refractivity contribution in [2.24, 2.45) is 0 Å². The second kappa shape index (κ2) is 6.46. The third-order valence-electron chi connectivity index (χ3n) is 3.55. The quantitative estimate of drug-likeness (QED) is 0.765. The average Bonchev–Trinajstić information content (AvgIpc) is 3.22. The van der Waals surface area contributed by atoms with Crippen LogP contribution in [0.25, 0.3) is 0 Å². The Morgan fingerprint density at radius 1 is 1.48 bits per heavy atom. The molecule has 1 aliphatic carbocycles. The molecule has 8 heteroatoms. The van der Waals surface area contributed by atoms with E-state index in [0.29, 0.717) is 17.6 Å². The van der Waals surface area contributed by atoms with Crippen LogP contribution in [0.4, 0.5) is 0 Å². The summed E-state index contributed by atoms with van der Waals surface area (Å²) in [6, 6.07) is -0.420. The molecule has 1 N–H and O–H groups in total. The van der Waals surface area contributed by atoms with Gasteiger partial charge in [0.2, 0.25) is 5.91 Å². The lowest BCUT2D eigenvalue weighted by molar-refractivity contribution is -0.134. The van der Waals surface area contributed by atoms with Crippen LogP contribution < -0.4 is 0 Å². The molecule has 0 aromatic carbocycles. The monoisotopic (exact) mass is 312 g/mol. The molecule has 7 nitrogen and oxygen atoms in total. The van der Waals surface area contributed by atoms with Gasteiger partial charge < -0.3 is 10.0 Å². The first-order valence-corrected chi connectivity index (χ1v) is 7.98. The number of aromatic nitrogens is 3. The minimum atomic E-state index is -0.910. The molecule has 0 bridgehead atoms. The highest BCUT2D eigenvalue weighted by atomic mass is 32.2. The van der Waals surface area contributed by atoms with Crippen molar-refractivity contribution >= 4 is 23.6 Å². The van der Waals surface area contributed by atoms with E-state index in [1.165, 1.54) is 0 Å². The van der Waals surface area contributed by atoms with Crippen molar-refractivity contribution in [2.45, 2.75) is 43.8 Å². The van der Waals surface area contributed by atoms with Crippen LogP contribution in [0.1, 0.15) is 44.5 Å². The van der Waals surface area contributed by atoms with Gasteiger partial charge in [0.25, 0.3) is 0 Å². The van der Waals surface area contributed by atoms with Crippen LogP contribution in [0.5, 0.6) is 0 Å². The number of thioether (sulfide) groups is 1. The lowest BCUT2D eigenvalue weighted by Gasteiger charge is -2.22. The fourth-order valence-corrected chi connectivity index (χ4v) is 2.82. The van der Waals surface area contributed by atoms with Gasteiger partial charge in [-0.1, -0.05) is 11.8 Å². The van der Waals surface area contributed by atoms with Crippen molar-refractivity contribution in [2.75, 3.05) is 19.3 Å². The molecule has 2 rings (SSSR count). The van der Waals surface area contributed by atoms with Crippen molar-refractivity contribution in [3.8, 4) is 0 Å². The molecule has 1 amide bonds. The predicted molar refractivity (Wildman–Crippen MR) is 78.4 cm³/mol. The number of carboxylic acids is 1. The molecule has 0 saturated heterocycles. The number of hydrogen-bond donors (Lipinski definition) is 1. The second-order valence-electron chi connectivity index (χ2n) is 5.20. The minimum Gasteiger partial charge on any atom is -0.481 e. The Labute approximate surface area is 127 Å². The van der Waals surface area contributed by atoms with Gasteiger partial charge in [0.1, 0.15) is 11.9 Å². The van der Waals surface area contributed by atoms with Crippen LogP contribution >= 0.6 is 11.8 Å². The molecule has 1 fully saturated rings. The fraction of sp³-hybridized carbons (Fsp3) is 0.692. The molecule has 21 heavy (non-hydrogen) atoms. The van der Waals surface area contributed by atoms with Crippen LogP contribution in [0.3, 0.4) is 0 Å². The number of carbonyl (C=O) groups excluding carboxylic acids is 1. The van der Waals surface area contributed by atoms with E-state index in [1.807, 2.05) is 13.8 Å². The number of hydrogen-bond acceptors (Lipinski definition) is 5. The van der Waals surface area contributed by atoms with Crippen molar-refractivity contribution in [3.63, 3.8) is 0 Å². The first-order valence-electron chi connectivity index (χ1n) is 7.00. The maximum atomic E-state index is 12.4. The van der Waals surface area contributed by atoms with E-state index in [1.54, 1.807) is 16.5 Å². The molecule has 0 radical (unpaired) electrons. The second-order valence-corrected chi connectivity index (χ2v) is 6.14. The molecular weight excluding hydrogens is 292 g/mol. The molecule has 1 atom stereocenters. The molecule has 1 unspecified atom stereocenters. The number of carboxylic acid groups (broad SMARTS) is 1. The van der Waals surface area contributed by atoms with E-state index >= 15 is 0 Å². The molecule has 1 aromatic heterocycles. The number of amides is 1. The maximum absolute atomic E-state index is 12.4. The van der Waals surface area contributed by atoms with Gasteiger partial charge in [-0.3, -0.25) is 14.2 Å². The normalized spacial score (nSPS) is 15.8.